The number of nitrogens with zero attached hydrogens (tertiary/aromatic N) is 3. The average Bonchev–Trinajstić information content (AvgIpc) is 2.93. The van der Waals surface area contributed by atoms with Gasteiger partial charge in [-0.3, -0.25) is 4.57 Å². The highest BCUT2D eigenvalue weighted by Crippen LogP contribution is 2.20. The molecule has 0 fully saturated rings. The van der Waals surface area contributed by atoms with Crippen molar-refractivity contribution < 1.29 is 14.3 Å². The van der Waals surface area contributed by atoms with Crippen molar-refractivity contribution in [3.8, 4) is 0 Å². The van der Waals surface area contributed by atoms with Crippen molar-refractivity contribution in [3.05, 3.63) is 47.8 Å². The van der Waals surface area contributed by atoms with E-state index in [1.807, 2.05) is 6.07 Å². The lowest BCUT2D eigenvalue weighted by Gasteiger charge is -2.17. The fourth-order valence-electron chi connectivity index (χ4n) is 1.86. The van der Waals surface area contributed by atoms with Crippen LogP contribution in [0.2, 0.25) is 0 Å². The molecular formula is C13H11N3O3. The highest BCUT2D eigenvalue weighted by Gasteiger charge is 2.20. The number of rotatable bonds is 2. The predicted molar refractivity (Wildman–Crippen MR) is 67.3 cm³/mol. The summed E-state index contributed by atoms with van der Waals surface area (Å²) in [5.74, 6) is 0.511. The van der Waals surface area contributed by atoms with Crippen molar-refractivity contribution in [2.24, 2.45) is 4.99 Å². The third-order valence-electron chi connectivity index (χ3n) is 2.80. The van der Waals surface area contributed by atoms with Gasteiger partial charge in [0.15, 0.2) is 6.73 Å². The van der Waals surface area contributed by atoms with Crippen LogP contribution < -0.4 is 0 Å². The van der Waals surface area contributed by atoms with E-state index >= 15 is 0 Å². The molecule has 6 heteroatoms. The molecule has 3 rings (SSSR count). The number of hydrogen-bond donors (Lipinski definition) is 0. The normalized spacial score (nSPS) is 13.2. The van der Waals surface area contributed by atoms with Crippen molar-refractivity contribution in [1.82, 2.24) is 9.55 Å². The molecule has 0 amide bonds. The van der Waals surface area contributed by atoms with Crippen LogP contribution in [0.15, 0.2) is 41.7 Å². The summed E-state index contributed by atoms with van der Waals surface area (Å²) in [4.78, 5) is 20.1. The smallest absolute Gasteiger partial charge is 0.338 e. The molecule has 1 aromatic carbocycles. The summed E-state index contributed by atoms with van der Waals surface area (Å²) in [6.07, 6.45) is 3.43. The predicted octanol–water partition coefficient (Wildman–Crippen LogP) is 1.74. The van der Waals surface area contributed by atoms with Gasteiger partial charge in [0.1, 0.15) is 0 Å². The van der Waals surface area contributed by atoms with Crippen molar-refractivity contribution in [2.75, 3.05) is 7.11 Å². The highest BCUT2D eigenvalue weighted by molar-refractivity contribution is 6.06. The Kier molecular flexibility index (Phi) is 2.75. The van der Waals surface area contributed by atoms with E-state index in [0.29, 0.717) is 29.7 Å². The van der Waals surface area contributed by atoms with Crippen LogP contribution in [-0.2, 0) is 16.2 Å². The zero-order valence-electron chi connectivity index (χ0n) is 10.2. The Balaban J connectivity index is 2.07. The number of carbonyl (C=O) groups is 1. The highest BCUT2D eigenvalue weighted by atomic mass is 16.5. The second kappa shape index (κ2) is 4.56. The van der Waals surface area contributed by atoms with Crippen LogP contribution in [0.3, 0.4) is 0 Å². The van der Waals surface area contributed by atoms with Gasteiger partial charge < -0.3 is 9.47 Å². The lowest BCUT2D eigenvalue weighted by molar-refractivity contribution is 0.0599. The Morgan fingerprint density at radius 3 is 3.11 bits per heavy atom. The Bertz CT molecular complexity index is 661. The Hall–Kier alpha value is -2.63. The molecule has 96 valence electrons. The summed E-state index contributed by atoms with van der Waals surface area (Å²) in [6.45, 7) is 0.323. The maximum atomic E-state index is 11.7. The summed E-state index contributed by atoms with van der Waals surface area (Å²) in [6, 6.07) is 7.02. The molecule has 1 aliphatic heterocycles. The van der Waals surface area contributed by atoms with E-state index in [-0.39, 0.29) is 0 Å². The van der Waals surface area contributed by atoms with E-state index in [1.54, 1.807) is 35.2 Å². The van der Waals surface area contributed by atoms with Gasteiger partial charge in [-0.2, -0.15) is 4.99 Å². The number of imidazole rings is 1. The first kappa shape index (κ1) is 11.5. The average molecular weight is 257 g/mol. The van der Waals surface area contributed by atoms with Gasteiger partial charge in [0.2, 0.25) is 11.8 Å². The molecule has 0 spiro atoms. The molecule has 0 aliphatic carbocycles. The third-order valence-corrected chi connectivity index (χ3v) is 2.80. The summed E-state index contributed by atoms with van der Waals surface area (Å²) in [7, 11) is 1.34. The Morgan fingerprint density at radius 2 is 2.26 bits per heavy atom. The number of fused-ring (bicyclic) bond motifs is 1. The summed E-state index contributed by atoms with van der Waals surface area (Å²) < 4.78 is 12.1. The van der Waals surface area contributed by atoms with Gasteiger partial charge in [0.05, 0.1) is 18.2 Å². The van der Waals surface area contributed by atoms with Gasteiger partial charge in [0, 0.05) is 12.4 Å². The molecule has 2 heterocycles. The van der Waals surface area contributed by atoms with E-state index in [2.05, 4.69) is 9.98 Å². The maximum absolute atomic E-state index is 11.7. The summed E-state index contributed by atoms with van der Waals surface area (Å²) in [5, 5.41) is 0. The van der Waals surface area contributed by atoms with Crippen LogP contribution in [0, 0.1) is 0 Å². The zero-order valence-corrected chi connectivity index (χ0v) is 10.2. The first-order valence-electron chi connectivity index (χ1n) is 5.70. The quantitative estimate of drug-likeness (QED) is 0.768. The molecule has 0 saturated heterocycles. The zero-order chi connectivity index (χ0) is 13.2. The number of esters is 1. The SMILES string of the molecule is COC(=O)c1ccccc1C1=Nc2nccn2CO1. The molecule has 2 aromatic rings. The van der Waals surface area contributed by atoms with Gasteiger partial charge in [-0.1, -0.05) is 12.1 Å². The molecule has 0 atom stereocenters. The minimum atomic E-state index is -0.421. The van der Waals surface area contributed by atoms with Gasteiger partial charge in [-0.05, 0) is 12.1 Å². The topological polar surface area (TPSA) is 65.7 Å². The van der Waals surface area contributed by atoms with Crippen molar-refractivity contribution in [1.29, 1.82) is 0 Å². The van der Waals surface area contributed by atoms with Gasteiger partial charge in [-0.25, -0.2) is 9.78 Å². The van der Waals surface area contributed by atoms with Gasteiger partial charge >= 0.3 is 5.97 Å². The number of aromatic nitrogens is 2. The molecule has 0 N–H and O–H groups in total. The third kappa shape index (κ3) is 1.97. The Morgan fingerprint density at radius 1 is 1.42 bits per heavy atom. The van der Waals surface area contributed by atoms with Crippen molar-refractivity contribution in [2.45, 2.75) is 6.73 Å². The molecule has 0 saturated carbocycles. The number of carbonyl (C=O) groups excluding carboxylic acids is 1. The molecule has 1 aromatic heterocycles. The fraction of sp³-hybridized carbons (Fsp3) is 0.154. The number of benzene rings is 1. The lowest BCUT2D eigenvalue weighted by Crippen LogP contribution is -2.18. The van der Waals surface area contributed by atoms with Crippen LogP contribution in [0.5, 0.6) is 0 Å². The second-order valence-corrected chi connectivity index (χ2v) is 3.92. The summed E-state index contributed by atoms with van der Waals surface area (Å²) >= 11 is 0. The Labute approximate surface area is 109 Å². The standard InChI is InChI=1S/C13H11N3O3/c1-18-12(17)10-5-3-2-4-9(10)11-15-13-14-6-7-16(13)8-19-11/h2-7H,8H2,1H3. The monoisotopic (exact) mass is 257 g/mol. The van der Waals surface area contributed by atoms with Crippen molar-refractivity contribution in [3.63, 3.8) is 0 Å². The number of aliphatic imine (C=N–C) groups is 1. The van der Waals surface area contributed by atoms with Crippen LogP contribution in [0.1, 0.15) is 15.9 Å². The van der Waals surface area contributed by atoms with Crippen LogP contribution in [0.4, 0.5) is 5.95 Å². The minimum Gasteiger partial charge on any atom is -0.465 e. The first-order valence-corrected chi connectivity index (χ1v) is 5.70. The largest absolute Gasteiger partial charge is 0.465 e. The number of methoxy groups -OCH3 is 1. The van der Waals surface area contributed by atoms with E-state index in [9.17, 15) is 4.79 Å². The number of hydrogen-bond acceptors (Lipinski definition) is 5. The van der Waals surface area contributed by atoms with Gasteiger partial charge in [0.25, 0.3) is 0 Å². The molecular weight excluding hydrogens is 246 g/mol. The van der Waals surface area contributed by atoms with Crippen LogP contribution in [-0.4, -0.2) is 28.5 Å². The van der Waals surface area contributed by atoms with Crippen LogP contribution in [0.25, 0.3) is 0 Å². The molecule has 19 heavy (non-hydrogen) atoms. The second-order valence-electron chi connectivity index (χ2n) is 3.92. The van der Waals surface area contributed by atoms with E-state index < -0.39 is 5.97 Å². The fourth-order valence-corrected chi connectivity index (χ4v) is 1.86. The minimum absolute atomic E-state index is 0.323. The first-order chi connectivity index (χ1) is 9.29. The number of ether oxygens (including phenoxy) is 2. The summed E-state index contributed by atoms with van der Waals surface area (Å²) in [5.41, 5.74) is 1.02. The maximum Gasteiger partial charge on any atom is 0.338 e. The van der Waals surface area contributed by atoms with E-state index in [0.717, 1.165) is 0 Å². The van der Waals surface area contributed by atoms with Gasteiger partial charge in [-0.15, -0.1) is 0 Å². The molecule has 6 nitrogen and oxygen atoms in total. The molecule has 0 bridgehead atoms. The lowest BCUT2D eigenvalue weighted by atomic mass is 10.1. The van der Waals surface area contributed by atoms with Crippen LogP contribution >= 0.6 is 0 Å². The molecule has 0 unspecified atom stereocenters. The van der Waals surface area contributed by atoms with E-state index in [4.69, 9.17) is 9.47 Å². The van der Waals surface area contributed by atoms with E-state index in [1.165, 1.54) is 7.11 Å². The molecule has 1 aliphatic rings. The van der Waals surface area contributed by atoms with Crippen molar-refractivity contribution >= 4 is 17.8 Å². The molecule has 0 radical (unpaired) electrons.